The summed E-state index contributed by atoms with van der Waals surface area (Å²) in [6.45, 7) is 3.31. The van der Waals surface area contributed by atoms with Gasteiger partial charge in [-0.2, -0.15) is 5.10 Å². The van der Waals surface area contributed by atoms with Crippen LogP contribution in [-0.2, 0) is 10.3 Å². The number of aromatic nitrogens is 2. The molecule has 0 unspecified atom stereocenters. The van der Waals surface area contributed by atoms with Gasteiger partial charge < -0.3 is 16.4 Å². The summed E-state index contributed by atoms with van der Waals surface area (Å²) in [7, 11) is 0. The lowest BCUT2D eigenvalue weighted by molar-refractivity contribution is -0.126. The molecule has 0 bridgehead atoms. The second-order valence-corrected chi connectivity index (χ2v) is 6.08. The molecule has 1 saturated heterocycles. The number of benzene rings is 1. The van der Waals surface area contributed by atoms with Gasteiger partial charge in [0.2, 0.25) is 5.91 Å². The Kier molecular flexibility index (Phi) is 5.81. The van der Waals surface area contributed by atoms with Crippen molar-refractivity contribution < 1.29 is 9.59 Å². The minimum absolute atomic E-state index is 0. The highest BCUT2D eigenvalue weighted by molar-refractivity contribution is 5.98. The lowest BCUT2D eigenvalue weighted by Gasteiger charge is -2.36. The first kappa shape index (κ1) is 19.0. The van der Waals surface area contributed by atoms with Gasteiger partial charge in [-0.3, -0.25) is 14.3 Å². The molecule has 0 atom stereocenters. The van der Waals surface area contributed by atoms with E-state index in [9.17, 15) is 9.59 Å². The first-order valence-electron chi connectivity index (χ1n) is 7.96. The summed E-state index contributed by atoms with van der Waals surface area (Å²) in [4.78, 5) is 24.4. The molecule has 7 nitrogen and oxygen atoms in total. The summed E-state index contributed by atoms with van der Waals surface area (Å²) in [5.74, 6) is -0.573. The monoisotopic (exact) mass is 363 g/mol. The van der Waals surface area contributed by atoms with Gasteiger partial charge >= 0.3 is 0 Å². The number of nitrogens with one attached hydrogen (secondary N) is 2. The maximum Gasteiger partial charge on any atom is 0.252 e. The number of carbonyl (C=O) groups excluding carboxylic acids is 2. The molecule has 1 aromatic carbocycles. The number of hydrogen-bond donors (Lipinski definition) is 3. The third kappa shape index (κ3) is 3.67. The average molecular weight is 364 g/mol. The average Bonchev–Trinajstić information content (AvgIpc) is 3.10. The van der Waals surface area contributed by atoms with Gasteiger partial charge in [0.15, 0.2) is 0 Å². The van der Waals surface area contributed by atoms with E-state index in [-0.39, 0.29) is 18.3 Å². The molecule has 2 heterocycles. The molecule has 2 aromatic rings. The largest absolute Gasteiger partial charge is 0.366 e. The first-order chi connectivity index (χ1) is 11.5. The number of primary amides is 1. The van der Waals surface area contributed by atoms with Crippen LogP contribution >= 0.6 is 12.4 Å². The van der Waals surface area contributed by atoms with Crippen LogP contribution in [0.25, 0.3) is 0 Å². The number of hydrogen-bond acceptors (Lipinski definition) is 4. The molecule has 134 valence electrons. The van der Waals surface area contributed by atoms with E-state index in [2.05, 4.69) is 15.7 Å². The minimum Gasteiger partial charge on any atom is -0.366 e. The Bertz CT molecular complexity index is 754. The third-order valence-electron chi connectivity index (χ3n) is 4.55. The molecule has 1 aliphatic rings. The molecule has 0 radical (unpaired) electrons. The predicted octanol–water partition coefficient (Wildman–Crippen LogP) is 1.43. The molecule has 1 aromatic heterocycles. The van der Waals surface area contributed by atoms with Crippen molar-refractivity contribution in [1.82, 2.24) is 15.1 Å². The van der Waals surface area contributed by atoms with Crippen LogP contribution in [-0.4, -0.2) is 34.7 Å². The van der Waals surface area contributed by atoms with Crippen LogP contribution in [0.4, 0.5) is 5.69 Å². The number of rotatable bonds is 4. The number of amides is 2. The SMILES string of the molecule is Cc1cc(NC(=O)C2(n3cccn3)CCNCC2)ccc1C(N)=O.Cl. The second kappa shape index (κ2) is 7.67. The Balaban J connectivity index is 0.00000225. The normalized spacial score (nSPS) is 15.9. The lowest BCUT2D eigenvalue weighted by Crippen LogP contribution is -2.52. The van der Waals surface area contributed by atoms with Crippen LogP contribution in [0.15, 0.2) is 36.7 Å². The first-order valence-corrected chi connectivity index (χ1v) is 7.96. The molecule has 1 aliphatic heterocycles. The Hall–Kier alpha value is -2.38. The van der Waals surface area contributed by atoms with Gasteiger partial charge in [-0.05, 0) is 62.7 Å². The zero-order valence-electron chi connectivity index (χ0n) is 14.0. The third-order valence-corrected chi connectivity index (χ3v) is 4.55. The van der Waals surface area contributed by atoms with Crippen molar-refractivity contribution in [1.29, 1.82) is 0 Å². The van der Waals surface area contributed by atoms with Gasteiger partial charge in [-0.25, -0.2) is 0 Å². The lowest BCUT2D eigenvalue weighted by atomic mass is 9.87. The van der Waals surface area contributed by atoms with Gasteiger partial charge in [0.05, 0.1) is 0 Å². The highest BCUT2D eigenvalue weighted by Gasteiger charge is 2.42. The van der Waals surface area contributed by atoms with Crippen LogP contribution in [0.1, 0.15) is 28.8 Å². The van der Waals surface area contributed by atoms with E-state index < -0.39 is 11.4 Å². The number of halogens is 1. The second-order valence-electron chi connectivity index (χ2n) is 6.08. The molecule has 3 rings (SSSR count). The molecule has 0 saturated carbocycles. The summed E-state index contributed by atoms with van der Waals surface area (Å²) < 4.78 is 1.74. The van der Waals surface area contributed by atoms with E-state index >= 15 is 0 Å². The molecule has 2 amide bonds. The predicted molar refractivity (Wildman–Crippen MR) is 97.9 cm³/mol. The number of aryl methyl sites for hydroxylation is 1. The molecule has 0 spiro atoms. The van der Waals surface area contributed by atoms with Crippen LogP contribution < -0.4 is 16.4 Å². The van der Waals surface area contributed by atoms with Crippen molar-refractivity contribution in [3.8, 4) is 0 Å². The molecule has 0 aliphatic carbocycles. The Morgan fingerprint density at radius 1 is 1.32 bits per heavy atom. The summed E-state index contributed by atoms with van der Waals surface area (Å²) in [6.07, 6.45) is 4.84. The molecule has 4 N–H and O–H groups in total. The molecular formula is C17H22ClN5O2. The smallest absolute Gasteiger partial charge is 0.252 e. The number of nitrogens with two attached hydrogens (primary N) is 1. The Labute approximate surface area is 152 Å². The van der Waals surface area contributed by atoms with Gasteiger partial charge in [0.1, 0.15) is 5.54 Å². The number of carbonyl (C=O) groups is 2. The Morgan fingerprint density at radius 3 is 2.60 bits per heavy atom. The Morgan fingerprint density at radius 2 is 2.04 bits per heavy atom. The van der Waals surface area contributed by atoms with Crippen molar-refractivity contribution in [2.24, 2.45) is 5.73 Å². The fourth-order valence-corrected chi connectivity index (χ4v) is 3.19. The van der Waals surface area contributed by atoms with Gasteiger partial charge in [0.25, 0.3) is 5.91 Å². The van der Waals surface area contributed by atoms with E-state index in [0.29, 0.717) is 24.1 Å². The van der Waals surface area contributed by atoms with E-state index in [0.717, 1.165) is 18.7 Å². The molecule has 25 heavy (non-hydrogen) atoms. The topological polar surface area (TPSA) is 102 Å². The van der Waals surface area contributed by atoms with E-state index in [1.807, 2.05) is 12.3 Å². The highest BCUT2D eigenvalue weighted by Crippen LogP contribution is 2.29. The summed E-state index contributed by atoms with van der Waals surface area (Å²) >= 11 is 0. The minimum atomic E-state index is -0.703. The van der Waals surface area contributed by atoms with Crippen molar-refractivity contribution in [2.75, 3.05) is 18.4 Å². The molecular weight excluding hydrogens is 342 g/mol. The summed E-state index contributed by atoms with van der Waals surface area (Å²) in [6, 6.07) is 6.91. The number of nitrogens with zero attached hydrogens (tertiary/aromatic N) is 2. The zero-order chi connectivity index (χ0) is 17.2. The van der Waals surface area contributed by atoms with Crippen LogP contribution in [0.2, 0.25) is 0 Å². The van der Waals surface area contributed by atoms with Crippen LogP contribution in [0.5, 0.6) is 0 Å². The maximum atomic E-state index is 13.0. The summed E-state index contributed by atoms with van der Waals surface area (Å²) in [5.41, 5.74) is 6.46. The van der Waals surface area contributed by atoms with Crippen molar-refractivity contribution in [3.63, 3.8) is 0 Å². The van der Waals surface area contributed by atoms with E-state index in [4.69, 9.17) is 5.73 Å². The zero-order valence-corrected chi connectivity index (χ0v) is 14.8. The van der Waals surface area contributed by atoms with Crippen LogP contribution in [0.3, 0.4) is 0 Å². The van der Waals surface area contributed by atoms with Gasteiger partial charge in [-0.15, -0.1) is 12.4 Å². The van der Waals surface area contributed by atoms with E-state index in [1.165, 1.54) is 0 Å². The van der Waals surface area contributed by atoms with Crippen molar-refractivity contribution >= 4 is 29.9 Å². The summed E-state index contributed by atoms with van der Waals surface area (Å²) in [5, 5.41) is 10.5. The maximum absolute atomic E-state index is 13.0. The van der Waals surface area contributed by atoms with Crippen molar-refractivity contribution in [3.05, 3.63) is 47.8 Å². The fraction of sp³-hybridized carbons (Fsp3) is 0.353. The fourth-order valence-electron chi connectivity index (χ4n) is 3.19. The molecule has 8 heteroatoms. The highest BCUT2D eigenvalue weighted by atomic mass is 35.5. The van der Waals surface area contributed by atoms with Crippen LogP contribution in [0, 0.1) is 6.92 Å². The number of anilines is 1. The quantitative estimate of drug-likeness (QED) is 0.764. The van der Waals surface area contributed by atoms with Gasteiger partial charge in [0, 0.05) is 23.6 Å². The standard InChI is InChI=1S/C17H21N5O2.ClH/c1-12-11-13(3-4-14(12)15(18)23)21-16(24)17(5-8-19-9-6-17)22-10-2-7-20-22;/h2-4,7,10-11,19H,5-6,8-9H2,1H3,(H2,18,23)(H,21,24);1H. The van der Waals surface area contributed by atoms with Crippen molar-refractivity contribution in [2.45, 2.75) is 25.3 Å². The molecule has 1 fully saturated rings. The van der Waals surface area contributed by atoms with Gasteiger partial charge in [-0.1, -0.05) is 0 Å². The number of piperidine rings is 1. The van der Waals surface area contributed by atoms with E-state index in [1.54, 1.807) is 36.0 Å².